The summed E-state index contributed by atoms with van der Waals surface area (Å²) in [4.78, 5) is 0. The van der Waals surface area contributed by atoms with Crippen molar-refractivity contribution in [2.24, 2.45) is 0 Å². The van der Waals surface area contributed by atoms with Crippen molar-refractivity contribution in [2.75, 3.05) is 0 Å². The van der Waals surface area contributed by atoms with Crippen LogP contribution >= 0.6 is 0 Å². The maximum Gasteiger partial charge on any atom is 0.0827 e. The highest BCUT2D eigenvalue weighted by atomic mass is 16.3. The van der Waals surface area contributed by atoms with E-state index in [1.54, 1.807) is 0 Å². The summed E-state index contributed by atoms with van der Waals surface area (Å²) in [7, 11) is 0. The van der Waals surface area contributed by atoms with Gasteiger partial charge in [-0.2, -0.15) is 0 Å². The van der Waals surface area contributed by atoms with E-state index < -0.39 is 12.2 Å². The van der Waals surface area contributed by atoms with Crippen LogP contribution < -0.4 is 0 Å². The van der Waals surface area contributed by atoms with E-state index in [0.717, 1.165) is 16.7 Å². The molecule has 2 atom stereocenters. The van der Waals surface area contributed by atoms with Crippen molar-refractivity contribution in [3.63, 3.8) is 0 Å². The molecule has 2 aromatic rings. The Labute approximate surface area is 120 Å². The molecule has 0 aliphatic carbocycles. The second-order valence-electron chi connectivity index (χ2n) is 5.01. The van der Waals surface area contributed by atoms with Crippen LogP contribution in [0, 0.1) is 0 Å². The molecule has 0 saturated heterocycles. The quantitative estimate of drug-likeness (QED) is 0.782. The number of aliphatic hydroxyl groups is 2. The van der Waals surface area contributed by atoms with Gasteiger partial charge in [-0.05, 0) is 24.0 Å². The molecule has 2 heteroatoms. The molecule has 0 aliphatic heterocycles. The van der Waals surface area contributed by atoms with Gasteiger partial charge in [-0.1, -0.05) is 72.8 Å². The molecule has 0 radical (unpaired) electrons. The Morgan fingerprint density at radius 1 is 0.750 bits per heavy atom. The Hall–Kier alpha value is -1.90. The summed E-state index contributed by atoms with van der Waals surface area (Å²) in [6.07, 6.45) is -0.194. The molecule has 0 aliphatic rings. The van der Waals surface area contributed by atoms with E-state index in [1.807, 2.05) is 60.7 Å². The van der Waals surface area contributed by atoms with Gasteiger partial charge < -0.3 is 10.2 Å². The molecular weight excluding hydrogens is 248 g/mol. The van der Waals surface area contributed by atoms with Crippen molar-refractivity contribution < 1.29 is 10.2 Å². The second-order valence-corrected chi connectivity index (χ2v) is 5.01. The van der Waals surface area contributed by atoms with Crippen LogP contribution in [0.4, 0.5) is 0 Å². The molecule has 0 fully saturated rings. The highest BCUT2D eigenvalue weighted by molar-refractivity contribution is 5.21. The number of rotatable bonds is 6. The molecule has 0 spiro atoms. The smallest absolute Gasteiger partial charge is 0.0827 e. The predicted octanol–water partition coefficient (Wildman–Crippen LogP) is 3.79. The Bertz CT molecular complexity index is 484. The SMILES string of the molecule is C=C(CC(O)c1ccccc1)CC(O)c1ccccc1. The predicted molar refractivity (Wildman–Crippen MR) is 81.2 cm³/mol. The van der Waals surface area contributed by atoms with E-state index in [0.29, 0.717) is 12.8 Å². The minimum atomic E-state index is -0.563. The summed E-state index contributed by atoms with van der Waals surface area (Å²) in [6, 6.07) is 19.0. The fourth-order valence-corrected chi connectivity index (χ4v) is 2.22. The molecule has 2 unspecified atom stereocenters. The van der Waals surface area contributed by atoms with Crippen molar-refractivity contribution in [1.29, 1.82) is 0 Å². The van der Waals surface area contributed by atoms with Gasteiger partial charge in [0, 0.05) is 0 Å². The maximum absolute atomic E-state index is 10.1. The molecular formula is C18H20O2. The minimum absolute atomic E-state index is 0.466. The van der Waals surface area contributed by atoms with Crippen LogP contribution in [0.5, 0.6) is 0 Å². The third-order valence-electron chi connectivity index (χ3n) is 3.33. The molecule has 2 rings (SSSR count). The molecule has 20 heavy (non-hydrogen) atoms. The van der Waals surface area contributed by atoms with Crippen LogP contribution in [0.1, 0.15) is 36.2 Å². The highest BCUT2D eigenvalue weighted by Gasteiger charge is 2.13. The van der Waals surface area contributed by atoms with E-state index in [2.05, 4.69) is 6.58 Å². The molecule has 0 amide bonds. The fraction of sp³-hybridized carbons (Fsp3) is 0.222. The van der Waals surface area contributed by atoms with Crippen LogP contribution in [0.25, 0.3) is 0 Å². The fourth-order valence-electron chi connectivity index (χ4n) is 2.22. The Morgan fingerprint density at radius 3 is 1.45 bits per heavy atom. The van der Waals surface area contributed by atoms with Crippen molar-refractivity contribution >= 4 is 0 Å². The third kappa shape index (κ3) is 4.05. The van der Waals surface area contributed by atoms with E-state index in [1.165, 1.54) is 0 Å². The average Bonchev–Trinajstić information content (AvgIpc) is 2.49. The van der Waals surface area contributed by atoms with Crippen LogP contribution in [-0.4, -0.2) is 10.2 Å². The zero-order valence-corrected chi connectivity index (χ0v) is 11.4. The van der Waals surface area contributed by atoms with Crippen LogP contribution in [-0.2, 0) is 0 Å². The van der Waals surface area contributed by atoms with Gasteiger partial charge in [0.2, 0.25) is 0 Å². The molecule has 0 bridgehead atoms. The lowest BCUT2D eigenvalue weighted by Gasteiger charge is -2.16. The Kier molecular flexibility index (Phi) is 5.10. The standard InChI is InChI=1S/C18H20O2/c1-14(12-17(19)15-8-4-2-5-9-15)13-18(20)16-10-6-3-7-11-16/h2-11,17-20H,1,12-13H2. The Balaban J connectivity index is 1.90. The highest BCUT2D eigenvalue weighted by Crippen LogP contribution is 2.26. The van der Waals surface area contributed by atoms with Gasteiger partial charge >= 0.3 is 0 Å². The first kappa shape index (κ1) is 14.5. The average molecular weight is 268 g/mol. The van der Waals surface area contributed by atoms with Gasteiger partial charge in [0.25, 0.3) is 0 Å². The first-order chi connectivity index (χ1) is 9.66. The summed E-state index contributed by atoms with van der Waals surface area (Å²) < 4.78 is 0. The lowest BCUT2D eigenvalue weighted by Crippen LogP contribution is -2.03. The lowest BCUT2D eigenvalue weighted by molar-refractivity contribution is 0.158. The van der Waals surface area contributed by atoms with Crippen LogP contribution in [0.2, 0.25) is 0 Å². The van der Waals surface area contributed by atoms with Crippen molar-refractivity contribution in [3.05, 3.63) is 83.9 Å². The number of hydrogen-bond acceptors (Lipinski definition) is 2. The summed E-state index contributed by atoms with van der Waals surface area (Å²) in [5, 5.41) is 20.3. The van der Waals surface area contributed by atoms with Crippen LogP contribution in [0.15, 0.2) is 72.8 Å². The first-order valence-electron chi connectivity index (χ1n) is 6.79. The minimum Gasteiger partial charge on any atom is -0.388 e. The molecule has 104 valence electrons. The van der Waals surface area contributed by atoms with Crippen molar-refractivity contribution in [3.8, 4) is 0 Å². The van der Waals surface area contributed by atoms with E-state index in [-0.39, 0.29) is 0 Å². The van der Waals surface area contributed by atoms with Crippen LogP contribution in [0.3, 0.4) is 0 Å². The van der Waals surface area contributed by atoms with Gasteiger partial charge in [-0.3, -0.25) is 0 Å². The van der Waals surface area contributed by atoms with E-state index in [9.17, 15) is 10.2 Å². The van der Waals surface area contributed by atoms with Gasteiger partial charge in [-0.25, -0.2) is 0 Å². The topological polar surface area (TPSA) is 40.5 Å². The third-order valence-corrected chi connectivity index (χ3v) is 3.33. The molecule has 0 aromatic heterocycles. The lowest BCUT2D eigenvalue weighted by atomic mass is 9.96. The van der Waals surface area contributed by atoms with E-state index >= 15 is 0 Å². The summed E-state index contributed by atoms with van der Waals surface area (Å²) in [5.74, 6) is 0. The first-order valence-corrected chi connectivity index (χ1v) is 6.79. The van der Waals surface area contributed by atoms with Gasteiger partial charge in [-0.15, -0.1) is 0 Å². The van der Waals surface area contributed by atoms with Gasteiger partial charge in [0.1, 0.15) is 0 Å². The molecule has 0 saturated carbocycles. The second kappa shape index (κ2) is 7.04. The number of benzene rings is 2. The summed E-state index contributed by atoms with van der Waals surface area (Å²) in [6.45, 7) is 3.97. The largest absolute Gasteiger partial charge is 0.388 e. The van der Waals surface area contributed by atoms with Gasteiger partial charge in [0.15, 0.2) is 0 Å². The zero-order chi connectivity index (χ0) is 14.4. The van der Waals surface area contributed by atoms with Crippen molar-refractivity contribution in [1.82, 2.24) is 0 Å². The molecule has 2 nitrogen and oxygen atoms in total. The maximum atomic E-state index is 10.1. The monoisotopic (exact) mass is 268 g/mol. The number of hydrogen-bond donors (Lipinski definition) is 2. The molecule has 0 heterocycles. The molecule has 2 aromatic carbocycles. The normalized spacial score (nSPS) is 13.7. The molecule has 2 N–H and O–H groups in total. The summed E-state index contributed by atoms with van der Waals surface area (Å²) in [5.41, 5.74) is 2.60. The van der Waals surface area contributed by atoms with Crippen molar-refractivity contribution in [2.45, 2.75) is 25.0 Å². The summed E-state index contributed by atoms with van der Waals surface area (Å²) >= 11 is 0. The van der Waals surface area contributed by atoms with Gasteiger partial charge in [0.05, 0.1) is 12.2 Å². The van der Waals surface area contributed by atoms with E-state index in [4.69, 9.17) is 0 Å². The zero-order valence-electron chi connectivity index (χ0n) is 11.4. The number of aliphatic hydroxyl groups excluding tert-OH is 2. The Morgan fingerprint density at radius 2 is 1.10 bits per heavy atom.